The van der Waals surface area contributed by atoms with Crippen LogP contribution < -0.4 is 0 Å². The van der Waals surface area contributed by atoms with Crippen LogP contribution in [0.4, 0.5) is 0 Å². The van der Waals surface area contributed by atoms with Crippen molar-refractivity contribution < 1.29 is 59.5 Å². The van der Waals surface area contributed by atoms with Crippen LogP contribution >= 0.6 is 0 Å². The molecule has 2 nitrogen and oxygen atoms in total. The first-order valence-corrected chi connectivity index (χ1v) is 0. The zero-order valence-corrected chi connectivity index (χ0v) is 5.56. The largest absolute Gasteiger partial charge is 4.00 e. The van der Waals surface area contributed by atoms with Gasteiger partial charge >= 0.3 is 26.2 Å². The first kappa shape index (κ1) is 48.0. The maximum Gasteiger partial charge on any atom is 4.00 e. The fourth-order valence-corrected chi connectivity index (χ4v) is 0. The van der Waals surface area contributed by atoms with Gasteiger partial charge in [0.1, 0.15) is 0 Å². The molecule has 0 aliphatic rings. The first-order chi connectivity index (χ1) is 0. The van der Waals surface area contributed by atoms with E-state index in [1.54, 1.807) is 0 Å². The van der Waals surface area contributed by atoms with E-state index >= 15 is 0 Å². The molecule has 27 valence electrons. The van der Waals surface area contributed by atoms with Gasteiger partial charge in [-0.1, -0.05) is 0 Å². The van der Waals surface area contributed by atoms with Crippen LogP contribution in [-0.2, 0) is 59.5 Å². The maximum absolute atomic E-state index is 0. The number of hydrogen-bond donors (Lipinski definition) is 0. The Morgan fingerprint density at radius 3 is 0.750 bits per heavy atom. The van der Waals surface area contributed by atoms with Gasteiger partial charge in [-0.05, 0) is 0 Å². The van der Waals surface area contributed by atoms with Crippen molar-refractivity contribution in [3.8, 4) is 0 Å². The second-order valence-electron chi connectivity index (χ2n) is 0. The quantitative estimate of drug-likeness (QED) is 0.516. The molecule has 0 heterocycles. The summed E-state index contributed by atoms with van der Waals surface area (Å²) in [5.74, 6) is 0. The molecule has 1 radical (unpaired) electrons. The Kier molecular flexibility index (Phi) is 288. The van der Waals surface area contributed by atoms with Gasteiger partial charge < -0.3 is 11.0 Å². The van der Waals surface area contributed by atoms with Gasteiger partial charge in [-0.3, -0.25) is 0 Å². The third-order valence-corrected chi connectivity index (χ3v) is 0. The summed E-state index contributed by atoms with van der Waals surface area (Å²) >= 11 is 0. The zero-order chi connectivity index (χ0) is 0. The van der Waals surface area contributed by atoms with Crippen molar-refractivity contribution in [1.29, 1.82) is 0 Å². The molecule has 0 aromatic rings. The standard InChI is InChI=1S/Ag.2O.Zr/q;2*-2;+4. The third-order valence-electron chi connectivity index (χ3n) is 0. The monoisotopic (exact) mass is 229 g/mol. The van der Waals surface area contributed by atoms with Gasteiger partial charge in [0.25, 0.3) is 0 Å². The molecule has 0 N–H and O–H groups in total. The van der Waals surface area contributed by atoms with Crippen LogP contribution in [-0.4, -0.2) is 0 Å². The predicted octanol–water partition coefficient (Wildman–Crippen LogP) is -0.243. The topological polar surface area (TPSA) is 57.0 Å². The summed E-state index contributed by atoms with van der Waals surface area (Å²) in [4.78, 5) is 0. The summed E-state index contributed by atoms with van der Waals surface area (Å²) in [6.07, 6.45) is 0. The van der Waals surface area contributed by atoms with E-state index in [1.807, 2.05) is 0 Å². The summed E-state index contributed by atoms with van der Waals surface area (Å²) in [7, 11) is 0. The Labute approximate surface area is 59.2 Å². The molecule has 4 heteroatoms. The summed E-state index contributed by atoms with van der Waals surface area (Å²) in [5, 5.41) is 0. The minimum Gasteiger partial charge on any atom is -2.00 e. The molecule has 0 aromatic heterocycles. The van der Waals surface area contributed by atoms with Gasteiger partial charge in [0, 0.05) is 22.4 Å². The van der Waals surface area contributed by atoms with Gasteiger partial charge in [-0.2, -0.15) is 0 Å². The second kappa shape index (κ2) is 23.9. The van der Waals surface area contributed by atoms with E-state index in [4.69, 9.17) is 0 Å². The first-order valence-electron chi connectivity index (χ1n) is 0. The molecule has 0 saturated carbocycles. The van der Waals surface area contributed by atoms with Crippen LogP contribution in [0.15, 0.2) is 0 Å². The average Bonchev–Trinajstić information content (AvgIpc) is 0. The summed E-state index contributed by atoms with van der Waals surface area (Å²) in [5.41, 5.74) is 0. The molecule has 0 spiro atoms. The van der Waals surface area contributed by atoms with Gasteiger partial charge in [0.15, 0.2) is 0 Å². The van der Waals surface area contributed by atoms with Crippen molar-refractivity contribution in [2.75, 3.05) is 0 Å². The van der Waals surface area contributed by atoms with E-state index in [0.29, 0.717) is 0 Å². The van der Waals surface area contributed by atoms with Gasteiger partial charge in [-0.25, -0.2) is 0 Å². The zero-order valence-electron chi connectivity index (χ0n) is 1.62. The Morgan fingerprint density at radius 2 is 0.750 bits per heavy atom. The van der Waals surface area contributed by atoms with Crippen LogP contribution in [0.1, 0.15) is 0 Å². The number of hydrogen-bond acceptors (Lipinski definition) is 0. The Balaban J connectivity index is 0. The van der Waals surface area contributed by atoms with E-state index in [0.717, 1.165) is 0 Å². The molecule has 4 heavy (non-hydrogen) atoms. The fourth-order valence-electron chi connectivity index (χ4n) is 0. The average molecular weight is 231 g/mol. The Bertz CT molecular complexity index is 6.00. The fraction of sp³-hybridized carbons (Fsp3) is 0. The third kappa shape index (κ3) is 9.62. The molecule has 0 aliphatic heterocycles. The van der Waals surface area contributed by atoms with E-state index in [-0.39, 0.29) is 59.5 Å². The Morgan fingerprint density at radius 1 is 0.750 bits per heavy atom. The smallest absolute Gasteiger partial charge is 2.00 e. The summed E-state index contributed by atoms with van der Waals surface area (Å²) in [6.45, 7) is 0. The van der Waals surface area contributed by atoms with Crippen molar-refractivity contribution in [3.05, 3.63) is 0 Å². The predicted molar refractivity (Wildman–Crippen MR) is 1.37 cm³/mol. The molecule has 0 atom stereocenters. The molecule has 0 unspecified atom stereocenters. The minimum absolute atomic E-state index is 0. The van der Waals surface area contributed by atoms with Crippen molar-refractivity contribution in [2.24, 2.45) is 0 Å². The number of rotatable bonds is 0. The molecule has 0 saturated heterocycles. The summed E-state index contributed by atoms with van der Waals surface area (Å²) in [6, 6.07) is 0. The molecule has 0 fully saturated rings. The maximum atomic E-state index is 0. The summed E-state index contributed by atoms with van der Waals surface area (Å²) < 4.78 is 0. The van der Waals surface area contributed by atoms with Crippen molar-refractivity contribution in [3.63, 3.8) is 0 Å². The van der Waals surface area contributed by atoms with Crippen molar-refractivity contribution in [1.82, 2.24) is 0 Å². The van der Waals surface area contributed by atoms with Crippen LogP contribution in [0.3, 0.4) is 0 Å². The van der Waals surface area contributed by atoms with Crippen LogP contribution in [0.5, 0.6) is 0 Å². The van der Waals surface area contributed by atoms with Crippen LogP contribution in [0.25, 0.3) is 0 Å². The van der Waals surface area contributed by atoms with Gasteiger partial charge in [0.05, 0.1) is 0 Å². The Hall–Kier alpha value is 1.54. The van der Waals surface area contributed by atoms with Crippen LogP contribution in [0, 0.1) is 0 Å². The molecule has 0 aromatic carbocycles. The molecule has 0 rings (SSSR count). The minimum atomic E-state index is 0. The van der Waals surface area contributed by atoms with Gasteiger partial charge in [-0.15, -0.1) is 0 Å². The molecule has 0 amide bonds. The second-order valence-corrected chi connectivity index (χ2v) is 0. The molecule has 0 aliphatic carbocycles. The van der Waals surface area contributed by atoms with Crippen molar-refractivity contribution >= 4 is 0 Å². The normalized spacial score (nSPS) is 0. The van der Waals surface area contributed by atoms with Crippen molar-refractivity contribution in [2.45, 2.75) is 0 Å². The molecular formula is AgO2Zr. The van der Waals surface area contributed by atoms with E-state index in [9.17, 15) is 0 Å². The molecule has 0 bridgehead atoms. The van der Waals surface area contributed by atoms with Crippen LogP contribution in [0.2, 0.25) is 0 Å². The van der Waals surface area contributed by atoms with E-state index in [2.05, 4.69) is 0 Å². The van der Waals surface area contributed by atoms with E-state index < -0.39 is 0 Å². The SMILES string of the molecule is [Ag].[O-2].[O-2].[Zr+4]. The van der Waals surface area contributed by atoms with Gasteiger partial charge in [0.2, 0.25) is 0 Å². The van der Waals surface area contributed by atoms with E-state index in [1.165, 1.54) is 0 Å². The molecular weight excluding hydrogens is 231 g/mol.